The summed E-state index contributed by atoms with van der Waals surface area (Å²) in [6, 6.07) is 29.3. The third kappa shape index (κ3) is 7.90. The molecule has 48 heavy (non-hydrogen) atoms. The summed E-state index contributed by atoms with van der Waals surface area (Å²) in [5.74, 6) is 0.293. The topological polar surface area (TPSA) is 96.4 Å². The van der Waals surface area contributed by atoms with Gasteiger partial charge in [-0.1, -0.05) is 60.7 Å². The molecule has 0 radical (unpaired) electrons. The number of ether oxygens (including phenoxy) is 4. The molecule has 252 valence electrons. The number of fused-ring (bicyclic) bond motifs is 1. The van der Waals surface area contributed by atoms with Crippen LogP contribution in [-0.2, 0) is 27.5 Å². The van der Waals surface area contributed by atoms with Gasteiger partial charge in [0, 0.05) is 44.0 Å². The summed E-state index contributed by atoms with van der Waals surface area (Å²) in [6.07, 6.45) is 1.59. The standard InChI is InChI=1S/C38H44N4O6/c1-38(2,3)48-36(43)26-45-31-19-21-41(22-20-31)30-15-16-33-32(23-30)40(4)27-42(33,44)34-17-18-35(46-24-28-11-7-5-8-12-28)39-37(34)47-25-29-13-9-6-10-14-29/h5-18,23,31H,19-22,24-27H2,1-4H3. The Morgan fingerprint density at radius 1 is 0.875 bits per heavy atom. The minimum Gasteiger partial charge on any atom is -0.620 e. The van der Waals surface area contributed by atoms with Gasteiger partial charge in [0.2, 0.25) is 11.6 Å². The number of pyridine rings is 1. The van der Waals surface area contributed by atoms with Gasteiger partial charge in [-0.05, 0) is 56.9 Å². The van der Waals surface area contributed by atoms with Gasteiger partial charge in [-0.25, -0.2) is 4.79 Å². The lowest BCUT2D eigenvalue weighted by atomic mass is 10.1. The highest BCUT2D eigenvalue weighted by Crippen LogP contribution is 2.50. The van der Waals surface area contributed by atoms with E-state index < -0.39 is 10.2 Å². The van der Waals surface area contributed by atoms with E-state index >= 15 is 0 Å². The van der Waals surface area contributed by atoms with Crippen molar-refractivity contribution in [3.63, 3.8) is 0 Å². The maximum atomic E-state index is 14.9. The fraction of sp³-hybridized carbons (Fsp3) is 0.368. The van der Waals surface area contributed by atoms with Crippen molar-refractivity contribution >= 4 is 28.7 Å². The smallest absolute Gasteiger partial charge is 0.332 e. The maximum absolute atomic E-state index is 14.9. The molecular formula is C38H44N4O6. The molecule has 0 amide bonds. The molecule has 10 heteroatoms. The van der Waals surface area contributed by atoms with E-state index in [0.717, 1.165) is 48.4 Å². The molecule has 3 heterocycles. The van der Waals surface area contributed by atoms with Gasteiger partial charge < -0.3 is 34.0 Å². The van der Waals surface area contributed by atoms with Crippen molar-refractivity contribution < 1.29 is 23.7 Å². The van der Waals surface area contributed by atoms with E-state index in [2.05, 4.69) is 11.0 Å². The van der Waals surface area contributed by atoms with Gasteiger partial charge in [-0.2, -0.15) is 4.98 Å². The van der Waals surface area contributed by atoms with E-state index in [1.807, 2.05) is 106 Å². The monoisotopic (exact) mass is 652 g/mol. The number of anilines is 2. The summed E-state index contributed by atoms with van der Waals surface area (Å²) in [7, 11) is 1.94. The van der Waals surface area contributed by atoms with Crippen LogP contribution in [0.4, 0.5) is 22.7 Å². The number of aromatic nitrogens is 1. The summed E-state index contributed by atoms with van der Waals surface area (Å²) in [6.45, 7) is 7.86. The molecule has 4 aromatic rings. The molecule has 0 aliphatic carbocycles. The normalized spacial score (nSPS) is 18.0. The lowest BCUT2D eigenvalue weighted by Crippen LogP contribution is -2.40. The first kappa shape index (κ1) is 33.3. The van der Waals surface area contributed by atoms with Gasteiger partial charge in [-0.15, -0.1) is 0 Å². The predicted octanol–water partition coefficient (Wildman–Crippen LogP) is 7.11. The highest BCUT2D eigenvalue weighted by atomic mass is 16.6. The lowest BCUT2D eigenvalue weighted by molar-refractivity contribution is -0.162. The summed E-state index contributed by atoms with van der Waals surface area (Å²) < 4.78 is 22.8. The average molecular weight is 653 g/mol. The van der Waals surface area contributed by atoms with Gasteiger partial charge in [0.15, 0.2) is 12.4 Å². The van der Waals surface area contributed by atoms with Gasteiger partial charge in [0.25, 0.3) is 5.88 Å². The third-order valence-corrected chi connectivity index (χ3v) is 8.49. The number of rotatable bonds is 11. The minimum atomic E-state index is -0.733. The van der Waals surface area contributed by atoms with Crippen molar-refractivity contribution in [3.05, 3.63) is 107 Å². The number of hydrogen-bond donors (Lipinski definition) is 0. The first-order valence-electron chi connectivity index (χ1n) is 16.5. The van der Waals surface area contributed by atoms with Crippen LogP contribution in [-0.4, -0.2) is 56.1 Å². The summed E-state index contributed by atoms with van der Waals surface area (Å²) in [5, 5.41) is 14.9. The van der Waals surface area contributed by atoms with E-state index in [0.29, 0.717) is 23.9 Å². The Kier molecular flexibility index (Phi) is 9.86. The predicted molar refractivity (Wildman–Crippen MR) is 187 cm³/mol. The van der Waals surface area contributed by atoms with E-state index in [1.54, 1.807) is 12.1 Å². The van der Waals surface area contributed by atoms with Crippen LogP contribution >= 0.6 is 0 Å². The zero-order valence-corrected chi connectivity index (χ0v) is 28.1. The van der Waals surface area contributed by atoms with E-state index in [4.69, 9.17) is 23.9 Å². The zero-order chi connectivity index (χ0) is 33.7. The van der Waals surface area contributed by atoms with Crippen molar-refractivity contribution in [2.24, 2.45) is 0 Å². The molecule has 0 bridgehead atoms. The van der Waals surface area contributed by atoms with Crippen LogP contribution < -0.4 is 23.9 Å². The molecule has 0 spiro atoms. The Morgan fingerprint density at radius 2 is 1.50 bits per heavy atom. The molecule has 1 atom stereocenters. The van der Waals surface area contributed by atoms with Crippen LogP contribution in [0.3, 0.4) is 0 Å². The van der Waals surface area contributed by atoms with Crippen molar-refractivity contribution in [2.45, 2.75) is 58.5 Å². The molecule has 2 aliphatic rings. The fourth-order valence-corrected chi connectivity index (χ4v) is 6.15. The molecule has 1 unspecified atom stereocenters. The SMILES string of the molecule is CN1C[N+]([O-])(c2ccc(OCc3ccccc3)nc2OCc2ccccc2)c2ccc(N3CCC(OCC(=O)OC(C)(C)C)CC3)cc21. The molecule has 1 saturated heterocycles. The Morgan fingerprint density at radius 3 is 2.15 bits per heavy atom. The van der Waals surface area contributed by atoms with Crippen LogP contribution in [0.2, 0.25) is 0 Å². The first-order valence-corrected chi connectivity index (χ1v) is 16.5. The average Bonchev–Trinajstić information content (AvgIpc) is 3.35. The molecule has 10 nitrogen and oxygen atoms in total. The number of carbonyl (C=O) groups excluding carboxylic acids is 1. The minimum absolute atomic E-state index is 0.00159. The lowest BCUT2D eigenvalue weighted by Gasteiger charge is -2.38. The first-order chi connectivity index (χ1) is 23.1. The summed E-state index contributed by atoms with van der Waals surface area (Å²) >= 11 is 0. The molecule has 0 N–H and O–H groups in total. The number of hydrogen-bond acceptors (Lipinski definition) is 9. The van der Waals surface area contributed by atoms with Crippen LogP contribution in [0.5, 0.6) is 11.8 Å². The molecule has 3 aromatic carbocycles. The highest BCUT2D eigenvalue weighted by Gasteiger charge is 2.40. The molecule has 0 saturated carbocycles. The molecule has 1 aromatic heterocycles. The number of esters is 1. The number of carbonyl (C=O) groups is 1. The highest BCUT2D eigenvalue weighted by molar-refractivity contribution is 5.83. The van der Waals surface area contributed by atoms with Gasteiger partial charge in [0.1, 0.15) is 31.1 Å². The summed E-state index contributed by atoms with van der Waals surface area (Å²) in [4.78, 5) is 21.1. The van der Waals surface area contributed by atoms with Crippen molar-refractivity contribution in [3.8, 4) is 11.8 Å². The second-order valence-electron chi connectivity index (χ2n) is 13.4. The number of benzene rings is 3. The fourth-order valence-electron chi connectivity index (χ4n) is 6.15. The van der Waals surface area contributed by atoms with Crippen molar-refractivity contribution in [2.75, 3.05) is 43.2 Å². The van der Waals surface area contributed by atoms with Gasteiger partial charge in [-0.3, -0.25) is 4.65 Å². The van der Waals surface area contributed by atoms with Crippen LogP contribution in [0.15, 0.2) is 91.0 Å². The van der Waals surface area contributed by atoms with Crippen LogP contribution in [0, 0.1) is 5.21 Å². The second kappa shape index (κ2) is 14.2. The van der Waals surface area contributed by atoms with Gasteiger partial charge >= 0.3 is 5.97 Å². The van der Waals surface area contributed by atoms with E-state index in [9.17, 15) is 10.0 Å². The molecule has 6 rings (SSSR count). The van der Waals surface area contributed by atoms with E-state index in [1.165, 1.54) is 0 Å². The quantitative estimate of drug-likeness (QED) is 0.0954. The Labute approximate surface area is 282 Å². The number of hydroxylamine groups is 1. The zero-order valence-electron chi connectivity index (χ0n) is 28.1. The molecule has 1 fully saturated rings. The van der Waals surface area contributed by atoms with Crippen LogP contribution in [0.1, 0.15) is 44.7 Å². The third-order valence-electron chi connectivity index (χ3n) is 8.49. The number of piperidine rings is 1. The van der Waals surface area contributed by atoms with Crippen LogP contribution in [0.25, 0.3) is 0 Å². The molecule has 2 aliphatic heterocycles. The maximum Gasteiger partial charge on any atom is 0.332 e. The second-order valence-corrected chi connectivity index (χ2v) is 13.4. The van der Waals surface area contributed by atoms with Gasteiger partial charge in [0.05, 0.1) is 6.10 Å². The Balaban J connectivity index is 1.18. The summed E-state index contributed by atoms with van der Waals surface area (Å²) in [5.41, 5.74) is 4.41. The Bertz CT molecular complexity index is 1690. The van der Waals surface area contributed by atoms with Crippen molar-refractivity contribution in [1.82, 2.24) is 9.63 Å². The Hall–Kier alpha value is -4.64. The molecular weight excluding hydrogens is 608 g/mol. The number of quaternary nitrogens is 1. The van der Waals surface area contributed by atoms with E-state index in [-0.39, 0.29) is 37.8 Å². The largest absolute Gasteiger partial charge is 0.620 e. The number of nitrogens with zero attached hydrogens (tertiary/aromatic N) is 4. The van der Waals surface area contributed by atoms with Crippen molar-refractivity contribution in [1.29, 1.82) is 0 Å².